The van der Waals surface area contributed by atoms with E-state index >= 15 is 0 Å². The van der Waals surface area contributed by atoms with Crippen molar-refractivity contribution in [3.63, 3.8) is 0 Å². The molecule has 2 rings (SSSR count). The van der Waals surface area contributed by atoms with Gasteiger partial charge in [-0.1, -0.05) is 32.0 Å². The summed E-state index contributed by atoms with van der Waals surface area (Å²) >= 11 is 0. The second-order valence-electron chi connectivity index (χ2n) is 4.35. The van der Waals surface area contributed by atoms with E-state index in [1.54, 1.807) is 24.5 Å². The molecule has 0 saturated carbocycles. The van der Waals surface area contributed by atoms with Crippen LogP contribution in [0.15, 0.2) is 42.7 Å². The summed E-state index contributed by atoms with van der Waals surface area (Å²) in [6, 6.07) is 9.59. The van der Waals surface area contributed by atoms with Gasteiger partial charge in [0.15, 0.2) is 0 Å². The first-order valence-corrected chi connectivity index (χ1v) is 6.58. The van der Waals surface area contributed by atoms with Gasteiger partial charge in [-0.15, -0.1) is 0 Å². The smallest absolute Gasteiger partial charge is 0.255 e. The zero-order chi connectivity index (χ0) is 13.7. The number of para-hydroxylation sites is 1. The molecule has 2 aromatic rings. The minimum atomic E-state index is -0.0852. The van der Waals surface area contributed by atoms with Gasteiger partial charge in [-0.2, -0.15) is 0 Å². The number of nitrogens with one attached hydrogen (secondary N) is 1. The summed E-state index contributed by atoms with van der Waals surface area (Å²) in [7, 11) is 0. The van der Waals surface area contributed by atoms with Crippen molar-refractivity contribution in [3.8, 4) is 0 Å². The molecule has 0 saturated heterocycles. The van der Waals surface area contributed by atoms with Crippen LogP contribution in [0.25, 0.3) is 0 Å². The normalized spacial score (nSPS) is 10.2. The maximum atomic E-state index is 12.2. The van der Waals surface area contributed by atoms with Gasteiger partial charge in [0.05, 0.1) is 0 Å². The zero-order valence-corrected chi connectivity index (χ0v) is 11.3. The van der Waals surface area contributed by atoms with Gasteiger partial charge in [-0.25, -0.2) is 0 Å². The largest absolute Gasteiger partial charge is 0.321 e. The second kappa shape index (κ2) is 6.14. The van der Waals surface area contributed by atoms with Crippen molar-refractivity contribution in [2.24, 2.45) is 0 Å². The molecule has 1 N–H and O–H groups in total. The number of carbonyl (C=O) groups excluding carboxylic acids is 1. The molecule has 0 bridgehead atoms. The van der Waals surface area contributed by atoms with Gasteiger partial charge in [0.25, 0.3) is 5.91 Å². The molecule has 0 radical (unpaired) electrons. The van der Waals surface area contributed by atoms with Gasteiger partial charge in [0.1, 0.15) is 0 Å². The number of carbonyl (C=O) groups is 1. The van der Waals surface area contributed by atoms with Crippen molar-refractivity contribution >= 4 is 11.6 Å². The van der Waals surface area contributed by atoms with Crippen LogP contribution in [0.4, 0.5) is 5.69 Å². The first-order chi connectivity index (χ1) is 9.26. The molecule has 19 heavy (non-hydrogen) atoms. The minimum absolute atomic E-state index is 0.0852. The van der Waals surface area contributed by atoms with Crippen LogP contribution >= 0.6 is 0 Å². The SMILES string of the molecule is CCc1cccc(CC)c1NC(=O)c1ccncc1. The average molecular weight is 254 g/mol. The Morgan fingerprint density at radius 1 is 1.05 bits per heavy atom. The lowest BCUT2D eigenvalue weighted by Gasteiger charge is -2.14. The fourth-order valence-corrected chi connectivity index (χ4v) is 2.09. The Hall–Kier alpha value is -2.16. The Kier molecular flexibility index (Phi) is 4.29. The standard InChI is InChI=1S/C16H18N2O/c1-3-12-6-5-7-13(4-2)15(12)18-16(19)14-8-10-17-11-9-14/h5-11H,3-4H2,1-2H3,(H,18,19). The maximum absolute atomic E-state index is 12.2. The highest BCUT2D eigenvalue weighted by molar-refractivity contribution is 6.05. The van der Waals surface area contributed by atoms with Crippen molar-refractivity contribution in [2.45, 2.75) is 26.7 Å². The van der Waals surface area contributed by atoms with Gasteiger partial charge in [-0.3, -0.25) is 9.78 Å². The molecule has 1 aromatic heterocycles. The molecular weight excluding hydrogens is 236 g/mol. The van der Waals surface area contributed by atoms with Crippen molar-refractivity contribution in [2.75, 3.05) is 5.32 Å². The van der Waals surface area contributed by atoms with Crippen LogP contribution in [0.3, 0.4) is 0 Å². The number of anilines is 1. The molecule has 0 spiro atoms. The molecule has 3 heteroatoms. The van der Waals surface area contributed by atoms with Crippen LogP contribution in [0.1, 0.15) is 35.3 Å². The van der Waals surface area contributed by atoms with E-state index in [-0.39, 0.29) is 5.91 Å². The topological polar surface area (TPSA) is 42.0 Å². The molecule has 0 atom stereocenters. The number of hydrogen-bond donors (Lipinski definition) is 1. The molecule has 1 amide bonds. The first kappa shape index (κ1) is 13.3. The Labute approximate surface area is 113 Å². The van der Waals surface area contributed by atoms with Crippen LogP contribution in [-0.2, 0) is 12.8 Å². The van der Waals surface area contributed by atoms with E-state index in [0.29, 0.717) is 5.56 Å². The van der Waals surface area contributed by atoms with Gasteiger partial charge in [-0.05, 0) is 36.1 Å². The maximum Gasteiger partial charge on any atom is 0.255 e. The van der Waals surface area contributed by atoms with Gasteiger partial charge in [0.2, 0.25) is 0 Å². The van der Waals surface area contributed by atoms with E-state index in [9.17, 15) is 4.79 Å². The van der Waals surface area contributed by atoms with Gasteiger partial charge >= 0.3 is 0 Å². The molecule has 98 valence electrons. The van der Waals surface area contributed by atoms with Gasteiger partial charge < -0.3 is 5.32 Å². The lowest BCUT2D eigenvalue weighted by Crippen LogP contribution is -2.14. The minimum Gasteiger partial charge on any atom is -0.321 e. The Morgan fingerprint density at radius 3 is 2.16 bits per heavy atom. The van der Waals surface area contributed by atoms with E-state index < -0.39 is 0 Å². The van der Waals surface area contributed by atoms with Crippen LogP contribution in [0, 0.1) is 0 Å². The van der Waals surface area contributed by atoms with Crippen LogP contribution < -0.4 is 5.32 Å². The summed E-state index contributed by atoms with van der Waals surface area (Å²) in [4.78, 5) is 16.1. The average Bonchev–Trinajstić information content (AvgIpc) is 2.48. The van der Waals surface area contributed by atoms with E-state index in [0.717, 1.165) is 18.5 Å². The number of nitrogens with zero attached hydrogens (tertiary/aromatic N) is 1. The van der Waals surface area contributed by atoms with E-state index in [1.165, 1.54) is 11.1 Å². The zero-order valence-electron chi connectivity index (χ0n) is 11.3. The molecule has 0 aliphatic carbocycles. The number of amides is 1. The van der Waals surface area contributed by atoms with Crippen molar-refractivity contribution in [3.05, 3.63) is 59.4 Å². The summed E-state index contributed by atoms with van der Waals surface area (Å²) in [5.74, 6) is -0.0852. The fraction of sp³-hybridized carbons (Fsp3) is 0.250. The highest BCUT2D eigenvalue weighted by Crippen LogP contribution is 2.23. The summed E-state index contributed by atoms with van der Waals surface area (Å²) in [6.07, 6.45) is 5.06. The monoisotopic (exact) mass is 254 g/mol. The first-order valence-electron chi connectivity index (χ1n) is 6.58. The van der Waals surface area contributed by atoms with E-state index in [2.05, 4.69) is 36.3 Å². The second-order valence-corrected chi connectivity index (χ2v) is 4.35. The number of hydrogen-bond acceptors (Lipinski definition) is 2. The summed E-state index contributed by atoms with van der Waals surface area (Å²) in [5, 5.41) is 3.03. The highest BCUT2D eigenvalue weighted by atomic mass is 16.1. The van der Waals surface area contributed by atoms with Crippen LogP contribution in [0.2, 0.25) is 0 Å². The van der Waals surface area contributed by atoms with E-state index in [4.69, 9.17) is 0 Å². The highest BCUT2D eigenvalue weighted by Gasteiger charge is 2.11. The number of aryl methyl sites for hydroxylation is 2. The number of rotatable bonds is 4. The Bertz CT molecular complexity index is 542. The Morgan fingerprint density at radius 2 is 1.63 bits per heavy atom. The molecule has 0 aliphatic heterocycles. The molecule has 3 nitrogen and oxygen atoms in total. The summed E-state index contributed by atoms with van der Waals surface area (Å²) in [6.45, 7) is 4.19. The molecule has 1 heterocycles. The lowest BCUT2D eigenvalue weighted by molar-refractivity contribution is 0.102. The predicted molar refractivity (Wildman–Crippen MR) is 77.4 cm³/mol. The number of pyridine rings is 1. The predicted octanol–water partition coefficient (Wildman–Crippen LogP) is 3.46. The van der Waals surface area contributed by atoms with Crippen LogP contribution in [0.5, 0.6) is 0 Å². The fourth-order valence-electron chi connectivity index (χ4n) is 2.09. The van der Waals surface area contributed by atoms with Crippen LogP contribution in [-0.4, -0.2) is 10.9 Å². The van der Waals surface area contributed by atoms with E-state index in [1.807, 2.05) is 6.07 Å². The Balaban J connectivity index is 2.30. The summed E-state index contributed by atoms with van der Waals surface area (Å²) < 4.78 is 0. The number of aromatic nitrogens is 1. The van der Waals surface area contributed by atoms with Crippen molar-refractivity contribution < 1.29 is 4.79 Å². The number of benzene rings is 1. The lowest BCUT2D eigenvalue weighted by atomic mass is 10.0. The van der Waals surface area contributed by atoms with Crippen molar-refractivity contribution in [1.82, 2.24) is 4.98 Å². The van der Waals surface area contributed by atoms with Gasteiger partial charge in [0, 0.05) is 23.6 Å². The third-order valence-corrected chi connectivity index (χ3v) is 3.18. The molecule has 0 unspecified atom stereocenters. The van der Waals surface area contributed by atoms with Crippen molar-refractivity contribution in [1.29, 1.82) is 0 Å². The molecule has 1 aromatic carbocycles. The third-order valence-electron chi connectivity index (χ3n) is 3.18. The third kappa shape index (κ3) is 2.99. The summed E-state index contributed by atoms with van der Waals surface area (Å²) in [5.41, 5.74) is 3.92. The molecule has 0 fully saturated rings. The molecular formula is C16H18N2O. The quantitative estimate of drug-likeness (QED) is 0.907. The molecule has 0 aliphatic rings.